The number of hydrogen-bond acceptors (Lipinski definition) is 4. The van der Waals surface area contributed by atoms with Crippen LogP contribution in [-0.4, -0.2) is 35.5 Å². The highest BCUT2D eigenvalue weighted by Crippen LogP contribution is 2.77. The normalized spacial score (nSPS) is 52.9. The van der Waals surface area contributed by atoms with Gasteiger partial charge in [-0.3, -0.25) is 4.79 Å². The number of aliphatic hydroxyl groups is 2. The van der Waals surface area contributed by atoms with Crippen LogP contribution in [0.2, 0.25) is 0 Å². The van der Waals surface area contributed by atoms with E-state index in [0.29, 0.717) is 36.2 Å². The van der Waals surface area contributed by atoms with Gasteiger partial charge in [-0.2, -0.15) is 0 Å². The molecule has 5 fully saturated rings. The molecule has 0 heterocycles. The number of ether oxygens (including phenoxy) is 1. The Morgan fingerprint density at radius 3 is 2.30 bits per heavy atom. The molecule has 0 saturated heterocycles. The Hall–Kier alpha value is -0.870. The van der Waals surface area contributed by atoms with Gasteiger partial charge in [0, 0.05) is 17.8 Å². The van der Waals surface area contributed by atoms with E-state index < -0.39 is 11.5 Å². The summed E-state index contributed by atoms with van der Waals surface area (Å²) in [4.78, 5) is 11.9. The van der Waals surface area contributed by atoms with Crippen LogP contribution in [0.25, 0.3) is 0 Å². The smallest absolute Gasteiger partial charge is 0.302 e. The predicted octanol–water partition coefficient (Wildman–Crippen LogP) is 6.93. The molecule has 5 aliphatic rings. The fourth-order valence-corrected chi connectivity index (χ4v) is 12.0. The van der Waals surface area contributed by atoms with Crippen LogP contribution in [0, 0.1) is 56.7 Å². The highest BCUT2D eigenvalue weighted by molar-refractivity contribution is 5.65. The number of fused-ring (bicyclic) bond motifs is 7. The van der Waals surface area contributed by atoms with E-state index in [9.17, 15) is 15.0 Å². The molecule has 0 amide bonds. The van der Waals surface area contributed by atoms with E-state index in [2.05, 4.69) is 41.2 Å². The molecule has 4 heteroatoms. The predicted molar refractivity (Wildman–Crippen MR) is 148 cm³/mol. The van der Waals surface area contributed by atoms with Crippen LogP contribution >= 0.6 is 0 Å². The molecule has 0 aromatic rings. The van der Waals surface area contributed by atoms with Gasteiger partial charge in [0.1, 0.15) is 0 Å². The molecule has 0 aliphatic heterocycles. The second-order valence-corrected chi connectivity index (χ2v) is 15.2. The van der Waals surface area contributed by atoms with Crippen molar-refractivity contribution in [3.05, 3.63) is 12.2 Å². The average molecular weight is 515 g/mol. The third kappa shape index (κ3) is 3.63. The fourth-order valence-electron chi connectivity index (χ4n) is 12.0. The summed E-state index contributed by atoms with van der Waals surface area (Å²) in [6.07, 6.45) is 12.0. The van der Waals surface area contributed by atoms with Crippen molar-refractivity contribution in [1.29, 1.82) is 0 Å². The van der Waals surface area contributed by atoms with E-state index in [-0.39, 0.29) is 34.2 Å². The molecule has 0 aromatic heterocycles. The van der Waals surface area contributed by atoms with Crippen LogP contribution in [0.4, 0.5) is 0 Å². The topological polar surface area (TPSA) is 66.8 Å². The van der Waals surface area contributed by atoms with Gasteiger partial charge in [-0.05, 0) is 116 Å². The van der Waals surface area contributed by atoms with Crippen molar-refractivity contribution in [1.82, 2.24) is 0 Å². The summed E-state index contributed by atoms with van der Waals surface area (Å²) >= 11 is 0. The third-order valence-corrected chi connectivity index (χ3v) is 14.3. The van der Waals surface area contributed by atoms with Crippen molar-refractivity contribution in [2.24, 2.45) is 56.7 Å². The number of carbonyl (C=O) groups excluding carboxylic acids is 1. The first-order chi connectivity index (χ1) is 17.3. The maximum absolute atomic E-state index is 11.9. The summed E-state index contributed by atoms with van der Waals surface area (Å²) in [6.45, 7) is 19.0. The fraction of sp³-hybridized carbons (Fsp3) is 0.909. The van der Waals surface area contributed by atoms with Crippen molar-refractivity contribution in [3.8, 4) is 0 Å². The molecule has 4 nitrogen and oxygen atoms in total. The minimum atomic E-state index is -0.400. The monoisotopic (exact) mass is 514 g/mol. The van der Waals surface area contributed by atoms with Crippen LogP contribution in [0.15, 0.2) is 12.2 Å². The maximum atomic E-state index is 11.9. The molecule has 0 spiro atoms. The molecule has 0 aromatic carbocycles. The highest BCUT2D eigenvalue weighted by atomic mass is 16.5. The quantitative estimate of drug-likeness (QED) is 0.308. The van der Waals surface area contributed by atoms with Gasteiger partial charge < -0.3 is 14.9 Å². The Kier molecular flexibility index (Phi) is 6.80. The maximum Gasteiger partial charge on any atom is 0.302 e. The molecule has 37 heavy (non-hydrogen) atoms. The number of carbonyl (C=O) groups is 1. The minimum Gasteiger partial charge on any atom is -0.465 e. The lowest BCUT2D eigenvalue weighted by Crippen LogP contribution is -2.67. The third-order valence-electron chi connectivity index (χ3n) is 14.3. The second kappa shape index (κ2) is 9.08. The van der Waals surface area contributed by atoms with Crippen LogP contribution in [0.3, 0.4) is 0 Å². The van der Waals surface area contributed by atoms with E-state index in [1.807, 2.05) is 0 Å². The van der Waals surface area contributed by atoms with E-state index in [1.165, 1.54) is 37.7 Å². The minimum absolute atomic E-state index is 0.0826. The Balaban J connectivity index is 1.53. The van der Waals surface area contributed by atoms with Gasteiger partial charge in [0.2, 0.25) is 0 Å². The molecule has 0 bridgehead atoms. The van der Waals surface area contributed by atoms with E-state index in [1.54, 1.807) is 6.92 Å². The first-order valence-electron chi connectivity index (χ1n) is 15.4. The zero-order valence-electron chi connectivity index (χ0n) is 24.6. The Morgan fingerprint density at radius 2 is 1.65 bits per heavy atom. The molecule has 11 atom stereocenters. The number of rotatable bonds is 5. The lowest BCUT2D eigenvalue weighted by Gasteiger charge is -2.73. The Morgan fingerprint density at radius 1 is 0.919 bits per heavy atom. The van der Waals surface area contributed by atoms with Crippen molar-refractivity contribution in [2.75, 3.05) is 13.2 Å². The summed E-state index contributed by atoms with van der Waals surface area (Å²) in [7, 11) is 0. The molecule has 5 aliphatic carbocycles. The number of aliphatic hydroxyl groups excluding tert-OH is 2. The first kappa shape index (κ1) is 27.7. The van der Waals surface area contributed by atoms with Gasteiger partial charge in [-0.1, -0.05) is 46.8 Å². The molecule has 5 saturated carbocycles. The van der Waals surface area contributed by atoms with Gasteiger partial charge >= 0.3 is 5.97 Å². The second-order valence-electron chi connectivity index (χ2n) is 15.2. The number of esters is 1. The van der Waals surface area contributed by atoms with E-state index >= 15 is 0 Å². The van der Waals surface area contributed by atoms with Crippen molar-refractivity contribution in [3.63, 3.8) is 0 Å². The summed E-state index contributed by atoms with van der Waals surface area (Å²) < 4.78 is 5.81. The number of hydrogen-bond donors (Lipinski definition) is 2. The average Bonchev–Trinajstić information content (AvgIpc) is 3.25. The Labute approximate surface area is 226 Å². The van der Waals surface area contributed by atoms with E-state index in [4.69, 9.17) is 4.74 Å². The summed E-state index contributed by atoms with van der Waals surface area (Å²) in [5, 5.41) is 21.5. The zero-order valence-corrected chi connectivity index (χ0v) is 24.6. The van der Waals surface area contributed by atoms with Crippen LogP contribution in [0.5, 0.6) is 0 Å². The van der Waals surface area contributed by atoms with Crippen molar-refractivity contribution < 1.29 is 19.7 Å². The zero-order chi connectivity index (χ0) is 27.0. The SMILES string of the molecule is C=C(CC)C1CC[C@]2(COC(C)=O)CC[C@]3(C)C(CCC4[C@@]5(C)CC[C@H](O)[C@@](C)(CO)C5CC[C@]43C)C12. The van der Waals surface area contributed by atoms with Gasteiger partial charge in [-0.25, -0.2) is 0 Å². The van der Waals surface area contributed by atoms with Crippen LogP contribution < -0.4 is 0 Å². The number of allylic oxidation sites excluding steroid dienone is 1. The van der Waals surface area contributed by atoms with Gasteiger partial charge in [-0.15, -0.1) is 0 Å². The largest absolute Gasteiger partial charge is 0.465 e. The highest BCUT2D eigenvalue weighted by Gasteiger charge is 2.71. The molecule has 2 N–H and O–H groups in total. The Bertz CT molecular complexity index is 929. The lowest BCUT2D eigenvalue weighted by molar-refractivity contribution is -0.255. The molecule has 210 valence electrons. The summed E-state index contributed by atoms with van der Waals surface area (Å²) in [5.74, 6) is 2.57. The van der Waals surface area contributed by atoms with Gasteiger partial charge in [0.15, 0.2) is 0 Å². The van der Waals surface area contributed by atoms with Crippen molar-refractivity contribution >= 4 is 5.97 Å². The lowest BCUT2D eigenvalue weighted by atomic mass is 9.32. The van der Waals surface area contributed by atoms with Gasteiger partial charge in [0.05, 0.1) is 19.3 Å². The molecule has 5 rings (SSSR count). The summed E-state index contributed by atoms with van der Waals surface area (Å²) in [6, 6.07) is 0. The molecular formula is C33H54O4. The summed E-state index contributed by atoms with van der Waals surface area (Å²) in [5.41, 5.74) is 1.76. The van der Waals surface area contributed by atoms with Crippen LogP contribution in [0.1, 0.15) is 112 Å². The van der Waals surface area contributed by atoms with Crippen LogP contribution in [-0.2, 0) is 9.53 Å². The molecule has 5 unspecified atom stereocenters. The van der Waals surface area contributed by atoms with E-state index in [0.717, 1.165) is 38.5 Å². The molecular weight excluding hydrogens is 460 g/mol. The molecule has 0 radical (unpaired) electrons. The van der Waals surface area contributed by atoms with Gasteiger partial charge in [0.25, 0.3) is 0 Å². The van der Waals surface area contributed by atoms with Crippen molar-refractivity contribution in [2.45, 2.75) is 118 Å². The standard InChI is InChI=1S/C33H54O4/c1-8-21(2)23-11-16-33(20-37-22(3)35)18-17-31(6)24(28(23)33)9-10-26-29(4)14-13-27(36)30(5,19-34)25(29)12-15-32(26,31)7/h23-28,34,36H,2,8-20H2,1,3-7H3/t23?,24?,25?,26?,27-,28?,29-,30-,31+,32+,33+/m0/s1. The first-order valence-corrected chi connectivity index (χ1v) is 15.4.